The molecule has 22 heavy (non-hydrogen) atoms. The fourth-order valence-electron chi connectivity index (χ4n) is 2.27. The molecule has 6 heteroatoms. The standard InChI is InChI=1S/C16H17N3O2S/c1-3-22(20)11-8-9-14(15(10-11)21-2)17-16-12-6-4-5-7-13(12)18-19-16/h4-10H,3H2,1-2H3,(H2,17,18,19). The maximum absolute atomic E-state index is 11.9. The Hall–Kier alpha value is -2.18. The van der Waals surface area contributed by atoms with Gasteiger partial charge < -0.3 is 14.6 Å². The molecule has 3 aromatic rings. The van der Waals surface area contributed by atoms with Gasteiger partial charge in [0.15, 0.2) is 10.7 Å². The first-order chi connectivity index (χ1) is 10.7. The van der Waals surface area contributed by atoms with Gasteiger partial charge in [-0.2, -0.15) is 5.10 Å². The molecule has 0 saturated heterocycles. The lowest BCUT2D eigenvalue weighted by molar-refractivity contribution is 0.415. The summed E-state index contributed by atoms with van der Waals surface area (Å²) in [5.74, 6) is 1.96. The number of nitrogens with one attached hydrogen (secondary N) is 2. The van der Waals surface area contributed by atoms with Gasteiger partial charge in [0.1, 0.15) is 11.5 Å². The van der Waals surface area contributed by atoms with Crippen LogP contribution in [0.1, 0.15) is 6.92 Å². The van der Waals surface area contributed by atoms with Crippen molar-refractivity contribution in [3.8, 4) is 5.75 Å². The number of hydrogen-bond donors (Lipinski definition) is 2. The summed E-state index contributed by atoms with van der Waals surface area (Å²) in [6, 6.07) is 13.4. The minimum atomic E-state index is -1.00. The monoisotopic (exact) mass is 315 g/mol. The summed E-state index contributed by atoms with van der Waals surface area (Å²) in [5, 5.41) is 11.5. The van der Waals surface area contributed by atoms with Crippen LogP contribution in [0.4, 0.5) is 11.5 Å². The number of aromatic nitrogens is 2. The largest absolute Gasteiger partial charge is 0.611 e. The molecule has 0 radical (unpaired) electrons. The summed E-state index contributed by atoms with van der Waals surface area (Å²) in [6.07, 6.45) is 0. The van der Waals surface area contributed by atoms with Crippen LogP contribution in [-0.2, 0) is 11.2 Å². The average molecular weight is 315 g/mol. The molecule has 0 saturated carbocycles. The van der Waals surface area contributed by atoms with E-state index in [0.717, 1.165) is 27.3 Å². The van der Waals surface area contributed by atoms with Crippen LogP contribution in [0.5, 0.6) is 5.75 Å². The van der Waals surface area contributed by atoms with E-state index < -0.39 is 11.2 Å². The van der Waals surface area contributed by atoms with Gasteiger partial charge in [-0.1, -0.05) is 12.1 Å². The molecule has 0 bridgehead atoms. The van der Waals surface area contributed by atoms with Crippen molar-refractivity contribution in [2.45, 2.75) is 11.8 Å². The van der Waals surface area contributed by atoms with E-state index in [0.29, 0.717) is 11.5 Å². The van der Waals surface area contributed by atoms with E-state index in [1.54, 1.807) is 13.2 Å². The van der Waals surface area contributed by atoms with Gasteiger partial charge in [0.2, 0.25) is 0 Å². The maximum atomic E-state index is 11.9. The Labute approximate surface area is 131 Å². The molecule has 1 atom stereocenters. The Morgan fingerprint density at radius 1 is 1.27 bits per heavy atom. The minimum Gasteiger partial charge on any atom is -0.611 e. The zero-order valence-corrected chi connectivity index (χ0v) is 13.2. The Kier molecular flexibility index (Phi) is 4.22. The van der Waals surface area contributed by atoms with E-state index in [-0.39, 0.29) is 0 Å². The number of anilines is 2. The summed E-state index contributed by atoms with van der Waals surface area (Å²) in [6.45, 7) is 1.89. The Morgan fingerprint density at radius 2 is 2.09 bits per heavy atom. The SMILES string of the molecule is CC[S+]([O-])c1ccc(Nc2n[nH]c3ccccc23)c(OC)c1. The molecule has 2 aromatic carbocycles. The van der Waals surface area contributed by atoms with Crippen molar-refractivity contribution in [1.82, 2.24) is 10.2 Å². The fraction of sp³-hybridized carbons (Fsp3) is 0.188. The molecule has 1 heterocycles. The summed E-state index contributed by atoms with van der Waals surface area (Å²) in [4.78, 5) is 0.761. The molecule has 0 amide bonds. The summed E-state index contributed by atoms with van der Waals surface area (Å²) >= 11 is -1.00. The third-order valence-corrected chi connectivity index (χ3v) is 4.73. The first-order valence-electron chi connectivity index (χ1n) is 6.99. The van der Waals surface area contributed by atoms with Gasteiger partial charge in [-0.15, -0.1) is 0 Å². The number of para-hydroxylation sites is 1. The molecule has 1 aromatic heterocycles. The van der Waals surface area contributed by atoms with E-state index >= 15 is 0 Å². The quantitative estimate of drug-likeness (QED) is 0.707. The van der Waals surface area contributed by atoms with Crippen LogP contribution in [0, 0.1) is 0 Å². The predicted molar refractivity (Wildman–Crippen MR) is 89.3 cm³/mol. The molecular weight excluding hydrogens is 298 g/mol. The second-order valence-electron chi connectivity index (χ2n) is 4.74. The highest BCUT2D eigenvalue weighted by Crippen LogP contribution is 2.32. The Morgan fingerprint density at radius 3 is 2.86 bits per heavy atom. The molecule has 114 valence electrons. The van der Waals surface area contributed by atoms with Crippen LogP contribution in [0.2, 0.25) is 0 Å². The van der Waals surface area contributed by atoms with Crippen molar-refractivity contribution in [2.24, 2.45) is 0 Å². The van der Waals surface area contributed by atoms with Crippen molar-refractivity contribution >= 4 is 33.6 Å². The normalized spacial score (nSPS) is 12.3. The zero-order chi connectivity index (χ0) is 15.5. The fourth-order valence-corrected chi connectivity index (χ4v) is 3.06. The van der Waals surface area contributed by atoms with Crippen molar-refractivity contribution in [2.75, 3.05) is 18.2 Å². The predicted octanol–water partition coefficient (Wildman–Crippen LogP) is 3.44. The Balaban J connectivity index is 1.95. The van der Waals surface area contributed by atoms with Gasteiger partial charge in [-0.25, -0.2) is 0 Å². The van der Waals surface area contributed by atoms with E-state index in [4.69, 9.17) is 4.74 Å². The molecule has 3 rings (SSSR count). The average Bonchev–Trinajstić information content (AvgIpc) is 2.97. The molecule has 0 fully saturated rings. The number of rotatable bonds is 5. The van der Waals surface area contributed by atoms with Crippen LogP contribution >= 0.6 is 0 Å². The van der Waals surface area contributed by atoms with E-state index in [9.17, 15) is 4.55 Å². The van der Waals surface area contributed by atoms with Crippen molar-refractivity contribution in [3.63, 3.8) is 0 Å². The molecule has 0 aliphatic heterocycles. The van der Waals surface area contributed by atoms with Gasteiger partial charge in [0.05, 0.1) is 18.3 Å². The molecular formula is C16H17N3O2S. The second kappa shape index (κ2) is 6.29. The third kappa shape index (κ3) is 2.75. The van der Waals surface area contributed by atoms with Gasteiger partial charge in [0, 0.05) is 11.5 Å². The molecule has 0 aliphatic rings. The first kappa shape index (κ1) is 14.7. The topological polar surface area (TPSA) is 73.0 Å². The highest BCUT2D eigenvalue weighted by molar-refractivity contribution is 7.91. The van der Waals surface area contributed by atoms with Gasteiger partial charge in [-0.05, 0) is 42.4 Å². The number of H-pyrrole nitrogens is 1. The van der Waals surface area contributed by atoms with E-state index in [1.807, 2.05) is 43.3 Å². The first-order valence-corrected chi connectivity index (χ1v) is 8.31. The van der Waals surface area contributed by atoms with E-state index in [1.165, 1.54) is 0 Å². The lowest BCUT2D eigenvalue weighted by Gasteiger charge is -2.13. The van der Waals surface area contributed by atoms with Crippen LogP contribution in [0.3, 0.4) is 0 Å². The summed E-state index contributed by atoms with van der Waals surface area (Å²) in [7, 11) is 1.60. The van der Waals surface area contributed by atoms with E-state index in [2.05, 4.69) is 15.5 Å². The lowest BCUT2D eigenvalue weighted by atomic mass is 10.2. The number of nitrogens with zero attached hydrogens (tertiary/aromatic N) is 1. The minimum absolute atomic E-state index is 0.583. The van der Waals surface area contributed by atoms with Gasteiger partial charge in [0.25, 0.3) is 0 Å². The van der Waals surface area contributed by atoms with Crippen molar-refractivity contribution < 1.29 is 9.29 Å². The molecule has 5 nitrogen and oxygen atoms in total. The highest BCUT2D eigenvalue weighted by atomic mass is 32.2. The molecule has 0 spiro atoms. The number of ether oxygens (including phenoxy) is 1. The van der Waals surface area contributed by atoms with Crippen LogP contribution < -0.4 is 10.1 Å². The Bertz CT molecular complexity index is 788. The number of methoxy groups -OCH3 is 1. The van der Waals surface area contributed by atoms with Crippen LogP contribution in [0.15, 0.2) is 47.4 Å². The van der Waals surface area contributed by atoms with Crippen molar-refractivity contribution in [1.29, 1.82) is 0 Å². The number of hydrogen-bond acceptors (Lipinski definition) is 4. The second-order valence-corrected chi connectivity index (χ2v) is 6.48. The maximum Gasteiger partial charge on any atom is 0.160 e. The van der Waals surface area contributed by atoms with Crippen molar-refractivity contribution in [3.05, 3.63) is 42.5 Å². The van der Waals surface area contributed by atoms with Gasteiger partial charge in [-0.3, -0.25) is 5.10 Å². The van der Waals surface area contributed by atoms with Crippen LogP contribution in [0.25, 0.3) is 10.9 Å². The number of benzene rings is 2. The highest BCUT2D eigenvalue weighted by Gasteiger charge is 2.14. The molecule has 1 unspecified atom stereocenters. The third-order valence-electron chi connectivity index (χ3n) is 3.42. The molecule has 0 aliphatic carbocycles. The lowest BCUT2D eigenvalue weighted by Crippen LogP contribution is -2.05. The smallest absolute Gasteiger partial charge is 0.160 e. The number of fused-ring (bicyclic) bond motifs is 1. The summed E-state index contributed by atoms with van der Waals surface area (Å²) in [5.41, 5.74) is 1.75. The zero-order valence-electron chi connectivity index (χ0n) is 12.4. The molecule has 2 N–H and O–H groups in total. The number of aromatic amines is 1. The summed E-state index contributed by atoms with van der Waals surface area (Å²) < 4.78 is 17.3. The van der Waals surface area contributed by atoms with Crippen LogP contribution in [-0.4, -0.2) is 27.6 Å². The van der Waals surface area contributed by atoms with Gasteiger partial charge >= 0.3 is 0 Å².